The minimum atomic E-state index is 0.600. The molecule has 0 aliphatic carbocycles. The zero-order valence-electron chi connectivity index (χ0n) is 10.2. The molecular weight excluding hydrogens is 200 g/mol. The van der Waals surface area contributed by atoms with Crippen molar-refractivity contribution in [3.05, 3.63) is 18.2 Å². The lowest BCUT2D eigenvalue weighted by Gasteiger charge is -2.29. The van der Waals surface area contributed by atoms with Crippen molar-refractivity contribution in [3.8, 4) is 5.75 Å². The quantitative estimate of drug-likeness (QED) is 0.779. The Bertz CT molecular complexity index is 368. The van der Waals surface area contributed by atoms with Crippen LogP contribution in [0.1, 0.15) is 26.7 Å². The molecule has 1 aromatic rings. The number of anilines is 2. The molecule has 1 aliphatic heterocycles. The summed E-state index contributed by atoms with van der Waals surface area (Å²) in [4.78, 5) is 2.44. The molecule has 88 valence electrons. The van der Waals surface area contributed by atoms with E-state index in [1.807, 2.05) is 12.1 Å². The fraction of sp³-hybridized carbons (Fsp3) is 0.538. The van der Waals surface area contributed by atoms with Crippen LogP contribution in [0.4, 0.5) is 11.4 Å². The Morgan fingerprint density at radius 2 is 1.88 bits per heavy atom. The van der Waals surface area contributed by atoms with E-state index in [1.165, 1.54) is 18.5 Å². The lowest BCUT2D eigenvalue weighted by Crippen LogP contribution is -2.32. The van der Waals surface area contributed by atoms with Gasteiger partial charge >= 0.3 is 0 Å². The SMILES string of the molecule is COc1ccc(N2[C@H](C)CC[C@H]2C)cc1N. The number of benzene rings is 1. The number of nitrogens with two attached hydrogens (primary N) is 1. The van der Waals surface area contributed by atoms with Gasteiger partial charge in [0.1, 0.15) is 5.75 Å². The molecule has 0 saturated carbocycles. The van der Waals surface area contributed by atoms with Gasteiger partial charge in [-0.1, -0.05) is 0 Å². The maximum absolute atomic E-state index is 5.94. The summed E-state index contributed by atoms with van der Waals surface area (Å²) in [7, 11) is 1.65. The molecule has 1 fully saturated rings. The standard InChI is InChI=1S/C13H20N2O/c1-9-4-5-10(2)15(9)11-6-7-13(16-3)12(14)8-11/h6-10H,4-5,14H2,1-3H3/t9-,10-/m1/s1. The maximum Gasteiger partial charge on any atom is 0.141 e. The molecule has 2 atom stereocenters. The van der Waals surface area contributed by atoms with Crippen LogP contribution in [-0.2, 0) is 0 Å². The van der Waals surface area contributed by atoms with Crippen LogP contribution in [0.2, 0.25) is 0 Å². The van der Waals surface area contributed by atoms with Crippen LogP contribution in [0.25, 0.3) is 0 Å². The molecule has 0 amide bonds. The Balaban J connectivity index is 2.30. The highest BCUT2D eigenvalue weighted by Gasteiger charge is 2.27. The van der Waals surface area contributed by atoms with E-state index in [0.717, 1.165) is 5.75 Å². The Morgan fingerprint density at radius 3 is 2.38 bits per heavy atom. The summed E-state index contributed by atoms with van der Waals surface area (Å²) in [5.74, 6) is 0.753. The maximum atomic E-state index is 5.94. The lowest BCUT2D eigenvalue weighted by atomic mass is 10.2. The van der Waals surface area contributed by atoms with Crippen molar-refractivity contribution >= 4 is 11.4 Å². The Kier molecular flexibility index (Phi) is 2.95. The molecule has 1 heterocycles. The minimum Gasteiger partial charge on any atom is -0.495 e. The van der Waals surface area contributed by atoms with E-state index in [4.69, 9.17) is 10.5 Å². The van der Waals surface area contributed by atoms with Crippen LogP contribution in [0.5, 0.6) is 5.75 Å². The van der Waals surface area contributed by atoms with Crippen molar-refractivity contribution < 1.29 is 4.74 Å². The van der Waals surface area contributed by atoms with Crippen molar-refractivity contribution in [2.24, 2.45) is 0 Å². The normalized spacial score (nSPS) is 24.8. The van der Waals surface area contributed by atoms with Gasteiger partial charge in [0.15, 0.2) is 0 Å². The molecule has 1 saturated heterocycles. The van der Waals surface area contributed by atoms with Gasteiger partial charge in [-0.3, -0.25) is 0 Å². The first kappa shape index (κ1) is 11.1. The van der Waals surface area contributed by atoms with E-state index < -0.39 is 0 Å². The van der Waals surface area contributed by atoms with E-state index in [-0.39, 0.29) is 0 Å². The summed E-state index contributed by atoms with van der Waals surface area (Å²) >= 11 is 0. The number of nitrogen functional groups attached to an aromatic ring is 1. The summed E-state index contributed by atoms with van der Waals surface area (Å²) in [5.41, 5.74) is 7.86. The van der Waals surface area contributed by atoms with Gasteiger partial charge in [-0.15, -0.1) is 0 Å². The van der Waals surface area contributed by atoms with Gasteiger partial charge in [-0.2, -0.15) is 0 Å². The first-order chi connectivity index (χ1) is 7.63. The molecular formula is C13H20N2O. The fourth-order valence-corrected chi connectivity index (χ4v) is 2.59. The highest BCUT2D eigenvalue weighted by Crippen LogP contribution is 2.33. The van der Waals surface area contributed by atoms with E-state index in [9.17, 15) is 0 Å². The van der Waals surface area contributed by atoms with Gasteiger partial charge in [0.05, 0.1) is 12.8 Å². The molecule has 0 unspecified atom stereocenters. The molecule has 3 nitrogen and oxygen atoms in total. The van der Waals surface area contributed by atoms with Crippen LogP contribution in [0.15, 0.2) is 18.2 Å². The fourth-order valence-electron chi connectivity index (χ4n) is 2.59. The topological polar surface area (TPSA) is 38.5 Å². The van der Waals surface area contributed by atoms with Gasteiger partial charge in [-0.05, 0) is 44.9 Å². The van der Waals surface area contributed by atoms with Crippen molar-refractivity contribution in [1.29, 1.82) is 0 Å². The largest absolute Gasteiger partial charge is 0.495 e. The Morgan fingerprint density at radius 1 is 1.25 bits per heavy atom. The summed E-state index contributed by atoms with van der Waals surface area (Å²) in [6, 6.07) is 7.25. The third kappa shape index (κ3) is 1.82. The summed E-state index contributed by atoms with van der Waals surface area (Å²) < 4.78 is 5.17. The van der Waals surface area contributed by atoms with Gasteiger partial charge in [0.25, 0.3) is 0 Å². The van der Waals surface area contributed by atoms with Gasteiger partial charge in [0, 0.05) is 17.8 Å². The van der Waals surface area contributed by atoms with Gasteiger partial charge in [-0.25, -0.2) is 0 Å². The summed E-state index contributed by atoms with van der Waals surface area (Å²) in [6.07, 6.45) is 2.51. The average molecular weight is 220 g/mol. The third-order valence-corrected chi connectivity index (χ3v) is 3.46. The molecule has 0 aromatic heterocycles. The molecule has 1 aliphatic rings. The second-order valence-corrected chi connectivity index (χ2v) is 4.61. The van der Waals surface area contributed by atoms with E-state index in [0.29, 0.717) is 17.8 Å². The Hall–Kier alpha value is -1.38. The molecule has 1 aromatic carbocycles. The van der Waals surface area contributed by atoms with Crippen molar-refractivity contribution in [3.63, 3.8) is 0 Å². The number of ether oxygens (including phenoxy) is 1. The van der Waals surface area contributed by atoms with Crippen molar-refractivity contribution in [1.82, 2.24) is 0 Å². The number of hydrogen-bond acceptors (Lipinski definition) is 3. The molecule has 0 bridgehead atoms. The predicted molar refractivity (Wildman–Crippen MR) is 68.0 cm³/mol. The number of nitrogens with zero attached hydrogens (tertiary/aromatic N) is 1. The van der Waals surface area contributed by atoms with Crippen LogP contribution < -0.4 is 15.4 Å². The summed E-state index contributed by atoms with van der Waals surface area (Å²) in [6.45, 7) is 4.54. The van der Waals surface area contributed by atoms with Crippen LogP contribution >= 0.6 is 0 Å². The first-order valence-electron chi connectivity index (χ1n) is 5.85. The van der Waals surface area contributed by atoms with Crippen molar-refractivity contribution in [2.75, 3.05) is 17.7 Å². The average Bonchev–Trinajstić information content (AvgIpc) is 2.58. The Labute approximate surface area is 97.2 Å². The second-order valence-electron chi connectivity index (χ2n) is 4.61. The minimum absolute atomic E-state index is 0.600. The number of hydrogen-bond donors (Lipinski definition) is 1. The smallest absolute Gasteiger partial charge is 0.141 e. The van der Waals surface area contributed by atoms with E-state index >= 15 is 0 Å². The van der Waals surface area contributed by atoms with Crippen LogP contribution in [0.3, 0.4) is 0 Å². The summed E-state index contributed by atoms with van der Waals surface area (Å²) in [5, 5.41) is 0. The highest BCUT2D eigenvalue weighted by molar-refractivity contribution is 5.64. The number of rotatable bonds is 2. The monoisotopic (exact) mass is 220 g/mol. The van der Waals surface area contributed by atoms with E-state index in [1.54, 1.807) is 7.11 Å². The second kappa shape index (κ2) is 4.24. The van der Waals surface area contributed by atoms with Crippen LogP contribution in [-0.4, -0.2) is 19.2 Å². The zero-order chi connectivity index (χ0) is 11.7. The molecule has 3 heteroatoms. The van der Waals surface area contributed by atoms with Crippen LogP contribution in [0, 0.1) is 0 Å². The van der Waals surface area contributed by atoms with Crippen molar-refractivity contribution in [2.45, 2.75) is 38.8 Å². The van der Waals surface area contributed by atoms with E-state index in [2.05, 4.69) is 24.8 Å². The zero-order valence-corrected chi connectivity index (χ0v) is 10.2. The van der Waals surface area contributed by atoms with Gasteiger partial charge < -0.3 is 15.4 Å². The molecule has 0 radical (unpaired) electrons. The third-order valence-electron chi connectivity index (χ3n) is 3.46. The first-order valence-corrected chi connectivity index (χ1v) is 5.85. The molecule has 0 spiro atoms. The number of methoxy groups -OCH3 is 1. The molecule has 16 heavy (non-hydrogen) atoms. The highest BCUT2D eigenvalue weighted by atomic mass is 16.5. The predicted octanol–water partition coefficient (Wildman–Crippen LogP) is 2.65. The molecule has 2 rings (SSSR count). The lowest BCUT2D eigenvalue weighted by molar-refractivity contribution is 0.417. The van der Waals surface area contributed by atoms with Gasteiger partial charge in [0.2, 0.25) is 0 Å². The molecule has 2 N–H and O–H groups in total.